The van der Waals surface area contributed by atoms with Crippen LogP contribution >= 0.6 is 0 Å². The zero-order valence-corrected chi connectivity index (χ0v) is 18.1. The number of rotatable bonds is 9. The minimum atomic E-state index is -1.40. The lowest BCUT2D eigenvalue weighted by Gasteiger charge is -2.28. The Bertz CT molecular complexity index is 962. The second-order valence-electron chi connectivity index (χ2n) is 8.14. The highest BCUT2D eigenvalue weighted by molar-refractivity contribution is 5.87. The Morgan fingerprint density at radius 1 is 1.06 bits per heavy atom. The van der Waals surface area contributed by atoms with Gasteiger partial charge < -0.3 is 25.6 Å². The summed E-state index contributed by atoms with van der Waals surface area (Å²) >= 11 is 0. The van der Waals surface area contributed by atoms with Crippen LogP contribution in [-0.2, 0) is 14.3 Å². The molecule has 2 aromatic rings. The van der Waals surface area contributed by atoms with Crippen LogP contribution in [0.25, 0.3) is 11.1 Å². The van der Waals surface area contributed by atoms with Gasteiger partial charge in [0.1, 0.15) is 12.6 Å². The molecule has 0 saturated heterocycles. The third-order valence-corrected chi connectivity index (χ3v) is 6.08. The molecule has 3 rings (SSSR count). The van der Waals surface area contributed by atoms with Crippen molar-refractivity contribution in [3.8, 4) is 11.1 Å². The third-order valence-electron chi connectivity index (χ3n) is 6.08. The van der Waals surface area contributed by atoms with E-state index in [0.717, 1.165) is 22.3 Å². The zero-order chi connectivity index (χ0) is 23.3. The van der Waals surface area contributed by atoms with Gasteiger partial charge in [-0.25, -0.2) is 9.59 Å². The lowest BCUT2D eigenvalue weighted by atomic mass is 9.86. The van der Waals surface area contributed by atoms with Crippen molar-refractivity contribution in [3.63, 3.8) is 0 Å². The summed E-state index contributed by atoms with van der Waals surface area (Å²) in [6.07, 6.45) is -0.309. The number of fused-ring (bicyclic) bond motifs is 3. The molecule has 2 aromatic carbocycles. The Hall–Kier alpha value is -3.39. The predicted molar refractivity (Wildman–Crippen MR) is 118 cm³/mol. The number of carboxylic acids is 1. The molecular weight excluding hydrogens is 412 g/mol. The Kier molecular flexibility index (Phi) is 7.15. The van der Waals surface area contributed by atoms with Crippen molar-refractivity contribution >= 4 is 18.0 Å². The fourth-order valence-corrected chi connectivity index (χ4v) is 3.80. The molecule has 2 atom stereocenters. The standard InChI is InChI=1S/C24H28N2O6/c1-3-24(2,22(30)26-20(12-27)21(28)29)14-25-23(31)32-13-19-17-10-6-4-8-15(17)16-9-5-7-11-18(16)19/h4-11,19-20,27H,3,12-14H2,1-2H3,(H,25,31)(H,26,30)(H,28,29)/t20-,24?/m0/s1. The van der Waals surface area contributed by atoms with E-state index in [4.69, 9.17) is 14.9 Å². The van der Waals surface area contributed by atoms with Crippen molar-refractivity contribution in [1.29, 1.82) is 0 Å². The van der Waals surface area contributed by atoms with Crippen LogP contribution in [-0.4, -0.2) is 54.0 Å². The Balaban J connectivity index is 1.60. The van der Waals surface area contributed by atoms with Gasteiger partial charge >= 0.3 is 12.1 Å². The Labute approximate surface area is 186 Å². The molecule has 0 bridgehead atoms. The number of amides is 2. The van der Waals surface area contributed by atoms with E-state index >= 15 is 0 Å². The first-order valence-electron chi connectivity index (χ1n) is 10.5. The topological polar surface area (TPSA) is 125 Å². The Morgan fingerprint density at radius 3 is 2.12 bits per heavy atom. The molecule has 1 aliphatic carbocycles. The van der Waals surface area contributed by atoms with Gasteiger partial charge in [0, 0.05) is 12.5 Å². The molecule has 8 heteroatoms. The average Bonchev–Trinajstić information content (AvgIpc) is 3.13. The second kappa shape index (κ2) is 9.82. The fourth-order valence-electron chi connectivity index (χ4n) is 3.80. The van der Waals surface area contributed by atoms with E-state index < -0.39 is 36.0 Å². The van der Waals surface area contributed by atoms with Crippen LogP contribution in [0.4, 0.5) is 4.79 Å². The summed E-state index contributed by atoms with van der Waals surface area (Å²) in [7, 11) is 0. The number of carbonyl (C=O) groups excluding carboxylic acids is 2. The summed E-state index contributed by atoms with van der Waals surface area (Å²) in [5.74, 6) is -1.97. The number of ether oxygens (including phenoxy) is 1. The number of carboxylic acid groups (broad SMARTS) is 1. The van der Waals surface area contributed by atoms with Crippen molar-refractivity contribution in [2.45, 2.75) is 32.2 Å². The van der Waals surface area contributed by atoms with Crippen molar-refractivity contribution < 1.29 is 29.3 Å². The molecule has 0 heterocycles. The highest BCUT2D eigenvalue weighted by Crippen LogP contribution is 2.44. The van der Waals surface area contributed by atoms with E-state index in [2.05, 4.69) is 22.8 Å². The molecule has 32 heavy (non-hydrogen) atoms. The normalized spacial score (nSPS) is 15.1. The smallest absolute Gasteiger partial charge is 0.407 e. The minimum absolute atomic E-state index is 0.0379. The van der Waals surface area contributed by atoms with Gasteiger partial charge in [-0.15, -0.1) is 0 Å². The van der Waals surface area contributed by atoms with Crippen molar-refractivity contribution in [2.24, 2.45) is 5.41 Å². The van der Waals surface area contributed by atoms with E-state index in [0.29, 0.717) is 6.42 Å². The number of aliphatic hydroxyl groups excluding tert-OH is 1. The molecule has 8 nitrogen and oxygen atoms in total. The predicted octanol–water partition coefficient (Wildman–Crippen LogP) is 2.50. The van der Waals surface area contributed by atoms with Crippen LogP contribution in [0.3, 0.4) is 0 Å². The Morgan fingerprint density at radius 2 is 1.62 bits per heavy atom. The number of nitrogens with one attached hydrogen (secondary N) is 2. The van der Waals surface area contributed by atoms with Crippen LogP contribution in [0.2, 0.25) is 0 Å². The van der Waals surface area contributed by atoms with Crippen molar-refractivity contribution in [3.05, 3.63) is 59.7 Å². The molecule has 0 radical (unpaired) electrons. The van der Waals surface area contributed by atoms with Gasteiger partial charge in [0.05, 0.1) is 12.0 Å². The number of hydrogen-bond donors (Lipinski definition) is 4. The molecule has 1 aliphatic rings. The summed E-state index contributed by atoms with van der Waals surface area (Å²) < 4.78 is 5.48. The molecular formula is C24H28N2O6. The molecule has 170 valence electrons. The number of carbonyl (C=O) groups is 3. The lowest BCUT2D eigenvalue weighted by molar-refractivity contribution is -0.144. The highest BCUT2D eigenvalue weighted by Gasteiger charge is 2.35. The van der Waals surface area contributed by atoms with Crippen LogP contribution in [0.5, 0.6) is 0 Å². The largest absolute Gasteiger partial charge is 0.480 e. The van der Waals surface area contributed by atoms with Gasteiger partial charge in [-0.1, -0.05) is 55.5 Å². The molecule has 2 amide bonds. The van der Waals surface area contributed by atoms with E-state index in [1.54, 1.807) is 13.8 Å². The molecule has 0 aliphatic heterocycles. The average molecular weight is 440 g/mol. The molecule has 0 saturated carbocycles. The monoisotopic (exact) mass is 440 g/mol. The fraction of sp³-hybridized carbons (Fsp3) is 0.375. The van der Waals surface area contributed by atoms with Gasteiger partial charge in [0.25, 0.3) is 0 Å². The number of alkyl carbamates (subject to hydrolysis) is 1. The van der Waals surface area contributed by atoms with Gasteiger partial charge in [-0.3, -0.25) is 4.79 Å². The summed E-state index contributed by atoms with van der Waals surface area (Å²) in [6.45, 7) is 2.76. The van der Waals surface area contributed by atoms with E-state index in [1.165, 1.54) is 0 Å². The van der Waals surface area contributed by atoms with Gasteiger partial charge in [-0.05, 0) is 35.6 Å². The number of benzene rings is 2. The lowest BCUT2D eigenvalue weighted by Crippen LogP contribution is -2.52. The third kappa shape index (κ3) is 4.75. The zero-order valence-electron chi connectivity index (χ0n) is 18.1. The van der Waals surface area contributed by atoms with Crippen LogP contribution in [0.1, 0.15) is 37.3 Å². The quantitative estimate of drug-likeness (QED) is 0.475. The number of aliphatic hydroxyl groups is 1. The first-order chi connectivity index (χ1) is 15.3. The summed E-state index contributed by atoms with van der Waals surface area (Å²) in [4.78, 5) is 36.0. The van der Waals surface area contributed by atoms with Gasteiger partial charge in [0.2, 0.25) is 5.91 Å². The molecule has 4 N–H and O–H groups in total. The van der Waals surface area contributed by atoms with E-state index in [-0.39, 0.29) is 19.1 Å². The van der Waals surface area contributed by atoms with E-state index in [1.807, 2.05) is 36.4 Å². The molecule has 0 fully saturated rings. The van der Waals surface area contributed by atoms with Crippen molar-refractivity contribution in [2.75, 3.05) is 19.8 Å². The maximum atomic E-state index is 12.5. The summed E-state index contributed by atoms with van der Waals surface area (Å²) in [6, 6.07) is 14.6. The summed E-state index contributed by atoms with van der Waals surface area (Å²) in [5.41, 5.74) is 3.40. The molecule has 0 aromatic heterocycles. The molecule has 0 spiro atoms. The summed E-state index contributed by atoms with van der Waals surface area (Å²) in [5, 5.41) is 23.1. The SMILES string of the molecule is CCC(C)(CNC(=O)OCC1c2ccccc2-c2ccccc21)C(=O)N[C@@H](CO)C(=O)O. The van der Waals surface area contributed by atoms with E-state index in [9.17, 15) is 14.4 Å². The first-order valence-corrected chi connectivity index (χ1v) is 10.5. The van der Waals surface area contributed by atoms with Crippen LogP contribution in [0.15, 0.2) is 48.5 Å². The second-order valence-corrected chi connectivity index (χ2v) is 8.14. The van der Waals surface area contributed by atoms with Crippen molar-refractivity contribution in [1.82, 2.24) is 10.6 Å². The number of hydrogen-bond acceptors (Lipinski definition) is 5. The maximum absolute atomic E-state index is 12.5. The highest BCUT2D eigenvalue weighted by atomic mass is 16.5. The van der Waals surface area contributed by atoms with Crippen LogP contribution in [0, 0.1) is 5.41 Å². The van der Waals surface area contributed by atoms with Gasteiger partial charge in [-0.2, -0.15) is 0 Å². The van der Waals surface area contributed by atoms with Crippen LogP contribution < -0.4 is 10.6 Å². The molecule has 1 unspecified atom stereocenters. The minimum Gasteiger partial charge on any atom is -0.480 e. The number of aliphatic carboxylic acids is 1. The van der Waals surface area contributed by atoms with Gasteiger partial charge in [0.15, 0.2) is 0 Å². The maximum Gasteiger partial charge on any atom is 0.407 e. The first kappa shape index (κ1) is 23.3.